The standard InChI is InChI=1S/C29H34O5/c1-29(2)27(33)24(11-5-3-4-6-12-26(31)32)25(28(29)34)18-17-23(30)16-14-20-13-15-21-9-7-8-10-22(21)19-20/h7-10,13,15,17-19,23-25,28,30,34H,4,6,11-12,14,16H2,1-2H3,(H,31,32)/b18-17+/t23-,24+,25+,28-/m0/s1. The fourth-order valence-electron chi connectivity index (χ4n) is 4.63. The molecule has 0 heterocycles. The zero-order chi connectivity index (χ0) is 24.7. The molecule has 4 atom stereocenters. The van der Waals surface area contributed by atoms with Gasteiger partial charge in [-0.3, -0.25) is 9.59 Å². The highest BCUT2D eigenvalue weighted by Crippen LogP contribution is 2.44. The Morgan fingerprint density at radius 1 is 1.15 bits per heavy atom. The van der Waals surface area contributed by atoms with Crippen molar-refractivity contribution in [3.8, 4) is 11.8 Å². The Labute approximate surface area is 201 Å². The number of ketones is 1. The molecule has 0 spiro atoms. The average Bonchev–Trinajstić information content (AvgIpc) is 2.97. The Hall–Kier alpha value is -2.94. The number of Topliss-reactive ketones (excluding diaryl/α,β-unsaturated/α-hetero) is 1. The molecule has 0 aliphatic heterocycles. The summed E-state index contributed by atoms with van der Waals surface area (Å²) in [6.45, 7) is 3.49. The Morgan fingerprint density at radius 3 is 2.62 bits per heavy atom. The van der Waals surface area contributed by atoms with Crippen molar-refractivity contribution in [2.24, 2.45) is 17.3 Å². The molecule has 1 fully saturated rings. The molecule has 1 aliphatic rings. The molecule has 0 radical (unpaired) electrons. The summed E-state index contributed by atoms with van der Waals surface area (Å²) in [7, 11) is 0. The molecule has 2 aromatic rings. The second-order valence-corrected chi connectivity index (χ2v) is 9.69. The summed E-state index contributed by atoms with van der Waals surface area (Å²) < 4.78 is 0. The first-order valence-electron chi connectivity index (χ1n) is 11.9. The average molecular weight is 463 g/mol. The van der Waals surface area contributed by atoms with E-state index in [2.05, 4.69) is 42.2 Å². The van der Waals surface area contributed by atoms with Crippen LogP contribution in [0, 0.1) is 29.1 Å². The molecule has 2 aromatic carbocycles. The summed E-state index contributed by atoms with van der Waals surface area (Å²) in [5, 5.41) is 32.4. The first-order valence-corrected chi connectivity index (χ1v) is 11.9. The molecule has 0 aromatic heterocycles. The summed E-state index contributed by atoms with van der Waals surface area (Å²) in [5.74, 6) is 4.22. The lowest BCUT2D eigenvalue weighted by Crippen LogP contribution is -2.31. The van der Waals surface area contributed by atoms with Crippen LogP contribution in [0.2, 0.25) is 0 Å². The Morgan fingerprint density at radius 2 is 1.88 bits per heavy atom. The van der Waals surface area contributed by atoms with Crippen molar-refractivity contribution < 1.29 is 24.9 Å². The zero-order valence-corrected chi connectivity index (χ0v) is 19.9. The van der Waals surface area contributed by atoms with Gasteiger partial charge in [0.15, 0.2) is 0 Å². The van der Waals surface area contributed by atoms with E-state index in [1.165, 1.54) is 10.8 Å². The molecule has 34 heavy (non-hydrogen) atoms. The predicted molar refractivity (Wildman–Crippen MR) is 133 cm³/mol. The topological polar surface area (TPSA) is 94.8 Å². The Kier molecular flexibility index (Phi) is 8.66. The van der Waals surface area contributed by atoms with Gasteiger partial charge in [0.2, 0.25) is 0 Å². The Balaban J connectivity index is 1.60. The van der Waals surface area contributed by atoms with Crippen molar-refractivity contribution in [1.29, 1.82) is 0 Å². The van der Waals surface area contributed by atoms with Gasteiger partial charge in [0.05, 0.1) is 17.6 Å². The number of aliphatic hydroxyl groups excluding tert-OH is 2. The number of aliphatic carboxylic acids is 1. The molecule has 0 amide bonds. The van der Waals surface area contributed by atoms with E-state index >= 15 is 0 Å². The number of unbranched alkanes of at least 4 members (excludes halogenated alkanes) is 1. The summed E-state index contributed by atoms with van der Waals surface area (Å²) in [6.07, 6.45) is 4.54. The maximum atomic E-state index is 12.9. The molecule has 3 rings (SSSR count). The van der Waals surface area contributed by atoms with Crippen LogP contribution in [0.4, 0.5) is 0 Å². The quantitative estimate of drug-likeness (QED) is 0.289. The molecule has 1 saturated carbocycles. The molecule has 1 aliphatic carbocycles. The van der Waals surface area contributed by atoms with Gasteiger partial charge in [-0.1, -0.05) is 68.5 Å². The van der Waals surface area contributed by atoms with Crippen LogP contribution in [0.5, 0.6) is 0 Å². The van der Waals surface area contributed by atoms with Gasteiger partial charge in [0.1, 0.15) is 5.78 Å². The number of benzene rings is 2. The maximum Gasteiger partial charge on any atom is 0.303 e. The van der Waals surface area contributed by atoms with Crippen LogP contribution < -0.4 is 0 Å². The van der Waals surface area contributed by atoms with Gasteiger partial charge in [-0.25, -0.2) is 0 Å². The highest BCUT2D eigenvalue weighted by molar-refractivity contribution is 5.90. The molecular weight excluding hydrogens is 428 g/mol. The second-order valence-electron chi connectivity index (χ2n) is 9.69. The maximum absolute atomic E-state index is 12.9. The minimum Gasteiger partial charge on any atom is -0.481 e. The zero-order valence-electron chi connectivity index (χ0n) is 19.9. The molecule has 180 valence electrons. The van der Waals surface area contributed by atoms with Crippen molar-refractivity contribution in [2.75, 3.05) is 0 Å². The van der Waals surface area contributed by atoms with Gasteiger partial charge in [0, 0.05) is 31.1 Å². The van der Waals surface area contributed by atoms with Crippen LogP contribution in [0.1, 0.15) is 51.5 Å². The van der Waals surface area contributed by atoms with E-state index in [9.17, 15) is 19.8 Å². The van der Waals surface area contributed by atoms with E-state index in [0.717, 1.165) is 12.0 Å². The largest absolute Gasteiger partial charge is 0.481 e. The SMILES string of the molecule is CC1(C)C(=O)[C@H](CC#CCCCC(=O)O)[C@@H](/C=C/[C@@H](O)CCc2ccc3ccccc3c2)[C@@H]1O. The Bertz CT molecular complexity index is 1100. The van der Waals surface area contributed by atoms with Crippen molar-refractivity contribution in [3.05, 3.63) is 60.2 Å². The van der Waals surface area contributed by atoms with Gasteiger partial charge < -0.3 is 15.3 Å². The van der Waals surface area contributed by atoms with Gasteiger partial charge in [0.25, 0.3) is 0 Å². The van der Waals surface area contributed by atoms with E-state index in [4.69, 9.17) is 5.11 Å². The molecular formula is C29H34O5. The number of carboxylic acids is 1. The molecule has 5 heteroatoms. The molecule has 3 N–H and O–H groups in total. The third-order valence-corrected chi connectivity index (χ3v) is 6.78. The molecule has 0 saturated heterocycles. The number of carboxylic acid groups (broad SMARTS) is 1. The van der Waals surface area contributed by atoms with E-state index in [-0.39, 0.29) is 12.2 Å². The van der Waals surface area contributed by atoms with Gasteiger partial charge >= 0.3 is 5.97 Å². The van der Waals surface area contributed by atoms with E-state index < -0.39 is 35.4 Å². The lowest BCUT2D eigenvalue weighted by molar-refractivity contribution is -0.137. The van der Waals surface area contributed by atoms with E-state index in [1.807, 2.05) is 12.1 Å². The fraction of sp³-hybridized carbons (Fsp3) is 0.448. The predicted octanol–water partition coefficient (Wildman–Crippen LogP) is 4.54. The molecule has 0 unspecified atom stereocenters. The number of fused-ring (bicyclic) bond motifs is 1. The summed E-state index contributed by atoms with van der Waals surface area (Å²) in [5.41, 5.74) is 0.278. The third-order valence-electron chi connectivity index (χ3n) is 6.78. The second kappa shape index (κ2) is 11.5. The van der Waals surface area contributed by atoms with E-state index in [1.54, 1.807) is 26.0 Å². The van der Waals surface area contributed by atoms with Crippen molar-refractivity contribution in [3.63, 3.8) is 0 Å². The van der Waals surface area contributed by atoms with Crippen LogP contribution in [0.25, 0.3) is 10.8 Å². The molecule has 0 bridgehead atoms. The smallest absolute Gasteiger partial charge is 0.303 e. The number of aliphatic hydroxyl groups is 2. The van der Waals surface area contributed by atoms with Crippen LogP contribution in [0.15, 0.2) is 54.6 Å². The van der Waals surface area contributed by atoms with Crippen molar-refractivity contribution >= 4 is 22.5 Å². The number of carbonyl (C=O) groups excluding carboxylic acids is 1. The number of hydrogen-bond donors (Lipinski definition) is 3. The first-order chi connectivity index (χ1) is 16.2. The summed E-state index contributed by atoms with van der Waals surface area (Å²) in [4.78, 5) is 23.5. The van der Waals surface area contributed by atoms with Crippen LogP contribution in [-0.4, -0.2) is 39.3 Å². The number of aryl methyl sites for hydroxylation is 1. The van der Waals surface area contributed by atoms with Crippen LogP contribution >= 0.6 is 0 Å². The minimum atomic E-state index is -0.874. The van der Waals surface area contributed by atoms with Crippen LogP contribution in [0.3, 0.4) is 0 Å². The highest BCUT2D eigenvalue weighted by atomic mass is 16.4. The first kappa shape index (κ1) is 25.7. The van der Waals surface area contributed by atoms with Gasteiger partial charge in [-0.2, -0.15) is 0 Å². The minimum absolute atomic E-state index is 0.0276. The normalized spacial score (nSPS) is 22.6. The number of carbonyl (C=O) groups is 2. The van der Waals surface area contributed by atoms with Gasteiger partial charge in [-0.05, 0) is 35.6 Å². The summed E-state index contributed by atoms with van der Waals surface area (Å²) >= 11 is 0. The lowest BCUT2D eigenvalue weighted by atomic mass is 9.86. The number of hydrogen-bond acceptors (Lipinski definition) is 4. The fourth-order valence-corrected chi connectivity index (χ4v) is 4.63. The third kappa shape index (κ3) is 6.34. The highest BCUT2D eigenvalue weighted by Gasteiger charge is 2.53. The van der Waals surface area contributed by atoms with Crippen LogP contribution in [-0.2, 0) is 16.0 Å². The van der Waals surface area contributed by atoms with Crippen molar-refractivity contribution in [2.45, 2.75) is 64.6 Å². The summed E-state index contributed by atoms with van der Waals surface area (Å²) in [6, 6.07) is 14.5. The van der Waals surface area contributed by atoms with Crippen molar-refractivity contribution in [1.82, 2.24) is 0 Å². The van der Waals surface area contributed by atoms with Gasteiger partial charge in [-0.15, -0.1) is 11.8 Å². The monoisotopic (exact) mass is 462 g/mol. The van der Waals surface area contributed by atoms with E-state index in [0.29, 0.717) is 25.7 Å². The number of rotatable bonds is 9. The molecule has 5 nitrogen and oxygen atoms in total. The lowest BCUT2D eigenvalue weighted by Gasteiger charge is -2.22.